The third-order valence-electron chi connectivity index (χ3n) is 4.16. The van der Waals surface area contributed by atoms with Crippen LogP contribution in [0.25, 0.3) is 0 Å². The fourth-order valence-electron chi connectivity index (χ4n) is 3.51. The number of nitrogens with one attached hydrogen (secondary N) is 1. The first-order valence-electron chi connectivity index (χ1n) is 6.92. The van der Waals surface area contributed by atoms with Gasteiger partial charge in [-0.3, -0.25) is 11.3 Å². The van der Waals surface area contributed by atoms with Crippen LogP contribution in [0.2, 0.25) is 0 Å². The van der Waals surface area contributed by atoms with Crippen LogP contribution in [0.3, 0.4) is 0 Å². The molecule has 19 heavy (non-hydrogen) atoms. The summed E-state index contributed by atoms with van der Waals surface area (Å²) in [7, 11) is 0. The molecule has 4 heteroatoms. The molecule has 0 aromatic heterocycles. The number of hydrogen-bond donors (Lipinski definition) is 2. The molecule has 0 amide bonds. The monoisotopic (exact) mass is 388 g/mol. The van der Waals surface area contributed by atoms with E-state index in [1.807, 2.05) is 6.07 Å². The highest BCUT2D eigenvalue weighted by Crippen LogP contribution is 2.41. The van der Waals surface area contributed by atoms with Crippen LogP contribution in [-0.2, 0) is 0 Å². The second kappa shape index (κ2) is 6.70. The number of rotatable bonds is 3. The van der Waals surface area contributed by atoms with Gasteiger partial charge >= 0.3 is 0 Å². The molecule has 106 valence electrons. The highest BCUT2D eigenvalue weighted by Gasteiger charge is 2.31. The first-order valence-corrected chi connectivity index (χ1v) is 8.51. The van der Waals surface area contributed by atoms with Gasteiger partial charge in [0.2, 0.25) is 0 Å². The van der Waals surface area contributed by atoms with Gasteiger partial charge in [-0.1, -0.05) is 45.7 Å². The van der Waals surface area contributed by atoms with Crippen molar-refractivity contribution in [1.29, 1.82) is 0 Å². The number of nitrogens with two attached hydrogens (primary N) is 1. The van der Waals surface area contributed by atoms with Crippen LogP contribution in [0.4, 0.5) is 0 Å². The lowest BCUT2D eigenvalue weighted by Gasteiger charge is -2.36. The molecule has 0 spiro atoms. The lowest BCUT2D eigenvalue weighted by molar-refractivity contribution is 0.176. The Hall–Kier alpha value is 0.1000. The number of benzene rings is 1. The van der Waals surface area contributed by atoms with Gasteiger partial charge in [0.05, 0.1) is 0 Å². The summed E-state index contributed by atoms with van der Waals surface area (Å²) in [5.41, 5.74) is 4.30. The number of hydrazine groups is 1. The molecule has 1 aromatic carbocycles. The van der Waals surface area contributed by atoms with E-state index in [4.69, 9.17) is 5.84 Å². The lowest BCUT2D eigenvalue weighted by Crippen LogP contribution is -2.37. The third kappa shape index (κ3) is 3.81. The molecule has 1 aliphatic rings. The molecule has 3 unspecified atom stereocenters. The normalized spacial score (nSPS) is 29.2. The van der Waals surface area contributed by atoms with Gasteiger partial charge in [0.15, 0.2) is 0 Å². The van der Waals surface area contributed by atoms with Crippen molar-refractivity contribution < 1.29 is 0 Å². The van der Waals surface area contributed by atoms with E-state index < -0.39 is 0 Å². The molecule has 1 aliphatic carbocycles. The quantitative estimate of drug-likeness (QED) is 0.576. The van der Waals surface area contributed by atoms with Crippen molar-refractivity contribution in [3.8, 4) is 0 Å². The summed E-state index contributed by atoms with van der Waals surface area (Å²) in [5.74, 6) is 8.04. The van der Waals surface area contributed by atoms with Crippen LogP contribution in [-0.4, -0.2) is 0 Å². The van der Waals surface area contributed by atoms with Gasteiger partial charge in [-0.05, 0) is 60.8 Å². The van der Waals surface area contributed by atoms with Gasteiger partial charge in [-0.25, -0.2) is 0 Å². The Bertz CT molecular complexity index is 426. The van der Waals surface area contributed by atoms with Gasteiger partial charge in [0, 0.05) is 15.0 Å². The predicted octanol–water partition coefficient (Wildman–Crippen LogP) is 4.79. The minimum Gasteiger partial charge on any atom is -0.271 e. The number of hydrogen-bond acceptors (Lipinski definition) is 2. The highest BCUT2D eigenvalue weighted by atomic mass is 79.9. The summed E-state index contributed by atoms with van der Waals surface area (Å²) in [4.78, 5) is 0. The Labute approximate surface area is 132 Å². The van der Waals surface area contributed by atoms with Gasteiger partial charge in [-0.15, -0.1) is 0 Å². The zero-order valence-electron chi connectivity index (χ0n) is 11.5. The van der Waals surface area contributed by atoms with Crippen molar-refractivity contribution in [2.24, 2.45) is 23.6 Å². The molecule has 0 aliphatic heterocycles. The Kier molecular flexibility index (Phi) is 5.46. The van der Waals surface area contributed by atoms with E-state index in [0.29, 0.717) is 5.92 Å². The Morgan fingerprint density at radius 1 is 1.16 bits per heavy atom. The van der Waals surface area contributed by atoms with Crippen LogP contribution in [0, 0.1) is 17.8 Å². The summed E-state index contributed by atoms with van der Waals surface area (Å²) < 4.78 is 2.23. The summed E-state index contributed by atoms with van der Waals surface area (Å²) in [6.45, 7) is 4.71. The van der Waals surface area contributed by atoms with Crippen molar-refractivity contribution in [2.75, 3.05) is 0 Å². The van der Waals surface area contributed by atoms with Gasteiger partial charge in [0.25, 0.3) is 0 Å². The molecule has 3 N–H and O–H groups in total. The predicted molar refractivity (Wildman–Crippen MR) is 87.6 cm³/mol. The van der Waals surface area contributed by atoms with E-state index in [-0.39, 0.29) is 6.04 Å². The summed E-state index contributed by atoms with van der Waals surface area (Å²) in [6, 6.07) is 6.52. The maximum atomic E-state index is 5.86. The summed E-state index contributed by atoms with van der Waals surface area (Å²) in [6.07, 6.45) is 3.84. The smallest absolute Gasteiger partial charge is 0.0499 e. The maximum absolute atomic E-state index is 5.86. The minimum absolute atomic E-state index is 0.220. The largest absolute Gasteiger partial charge is 0.271 e. The third-order valence-corrected chi connectivity index (χ3v) is 5.37. The van der Waals surface area contributed by atoms with Crippen LogP contribution in [0.5, 0.6) is 0 Å². The maximum Gasteiger partial charge on any atom is 0.0499 e. The molecule has 0 heterocycles. The average Bonchev–Trinajstić information content (AvgIpc) is 2.33. The molecule has 0 radical (unpaired) electrons. The van der Waals surface area contributed by atoms with Crippen LogP contribution in [0.1, 0.15) is 44.7 Å². The molecule has 3 atom stereocenters. The van der Waals surface area contributed by atoms with Crippen LogP contribution in [0.15, 0.2) is 27.1 Å². The molecular weight excluding hydrogens is 368 g/mol. The van der Waals surface area contributed by atoms with Crippen molar-refractivity contribution >= 4 is 31.9 Å². The fourth-order valence-corrected chi connectivity index (χ4v) is 4.39. The Morgan fingerprint density at radius 3 is 2.37 bits per heavy atom. The van der Waals surface area contributed by atoms with Gasteiger partial charge in [0.1, 0.15) is 0 Å². The lowest BCUT2D eigenvalue weighted by atomic mass is 9.72. The van der Waals surface area contributed by atoms with Crippen LogP contribution >= 0.6 is 31.9 Å². The Morgan fingerprint density at radius 2 is 1.79 bits per heavy atom. The topological polar surface area (TPSA) is 38.0 Å². The second-order valence-corrected chi connectivity index (χ2v) is 7.76. The summed E-state index contributed by atoms with van der Waals surface area (Å²) in [5, 5.41) is 0. The first kappa shape index (κ1) is 15.5. The molecule has 2 nitrogen and oxygen atoms in total. The van der Waals surface area contributed by atoms with E-state index in [2.05, 4.69) is 63.3 Å². The Balaban J connectivity index is 2.26. The van der Waals surface area contributed by atoms with Crippen molar-refractivity contribution in [3.05, 3.63) is 32.7 Å². The molecule has 1 fully saturated rings. The van der Waals surface area contributed by atoms with E-state index in [0.717, 1.165) is 20.8 Å². The van der Waals surface area contributed by atoms with Gasteiger partial charge < -0.3 is 0 Å². The molecular formula is C15H22Br2N2. The molecule has 0 saturated heterocycles. The van der Waals surface area contributed by atoms with E-state index >= 15 is 0 Å². The zero-order chi connectivity index (χ0) is 14.0. The van der Waals surface area contributed by atoms with E-state index in [1.165, 1.54) is 24.8 Å². The SMILES string of the molecule is CC1CC(C)CC(C(NN)c2cc(Br)ccc2Br)C1. The van der Waals surface area contributed by atoms with Crippen molar-refractivity contribution in [3.63, 3.8) is 0 Å². The standard InChI is InChI=1S/C15H22Br2N2/c1-9-5-10(2)7-11(6-9)15(19-18)13-8-12(16)3-4-14(13)17/h3-4,8-11,15,19H,5-7,18H2,1-2H3. The van der Waals surface area contributed by atoms with E-state index in [1.54, 1.807) is 0 Å². The van der Waals surface area contributed by atoms with Gasteiger partial charge in [-0.2, -0.15) is 0 Å². The molecule has 1 aromatic rings. The minimum atomic E-state index is 0.220. The second-order valence-electron chi connectivity index (χ2n) is 5.99. The van der Waals surface area contributed by atoms with E-state index in [9.17, 15) is 0 Å². The zero-order valence-corrected chi connectivity index (χ0v) is 14.7. The molecule has 2 rings (SSSR count). The summed E-state index contributed by atoms with van der Waals surface area (Å²) >= 11 is 7.20. The fraction of sp³-hybridized carbons (Fsp3) is 0.600. The van der Waals surface area contributed by atoms with Crippen molar-refractivity contribution in [1.82, 2.24) is 5.43 Å². The highest BCUT2D eigenvalue weighted by molar-refractivity contribution is 9.11. The average molecular weight is 390 g/mol. The number of halogens is 2. The molecule has 1 saturated carbocycles. The first-order chi connectivity index (χ1) is 9.01. The molecule has 0 bridgehead atoms. The van der Waals surface area contributed by atoms with Crippen molar-refractivity contribution in [2.45, 2.75) is 39.2 Å². The van der Waals surface area contributed by atoms with Crippen LogP contribution < -0.4 is 11.3 Å².